The van der Waals surface area contributed by atoms with E-state index in [1.807, 2.05) is 6.92 Å². The van der Waals surface area contributed by atoms with Gasteiger partial charge in [-0.2, -0.15) is 0 Å². The van der Waals surface area contributed by atoms with Crippen molar-refractivity contribution in [1.82, 2.24) is 14.9 Å². The molecule has 5 nitrogen and oxygen atoms in total. The summed E-state index contributed by atoms with van der Waals surface area (Å²) in [5.41, 5.74) is 0.888. The molecule has 6 heteroatoms. The van der Waals surface area contributed by atoms with Gasteiger partial charge in [0.25, 0.3) is 11.5 Å². The van der Waals surface area contributed by atoms with Crippen molar-refractivity contribution >= 4 is 29.0 Å². The van der Waals surface area contributed by atoms with Gasteiger partial charge in [0, 0.05) is 18.7 Å². The Kier molecular flexibility index (Phi) is 4.14. The average molecular weight is 289 g/mol. The summed E-state index contributed by atoms with van der Waals surface area (Å²) in [6.45, 7) is 6.29. The van der Waals surface area contributed by atoms with Crippen LogP contribution < -0.4 is 10.9 Å². The zero-order chi connectivity index (χ0) is 14.7. The Balaban J connectivity index is 2.56. The SMILES string of the molecule is C=CCNC(=O)c1ccc2c(=O)n(CC)c(=S)[nH]c2c1. The van der Waals surface area contributed by atoms with E-state index in [2.05, 4.69) is 16.9 Å². The molecule has 0 fully saturated rings. The van der Waals surface area contributed by atoms with Gasteiger partial charge in [-0.3, -0.25) is 14.2 Å². The van der Waals surface area contributed by atoms with Crippen LogP contribution in [-0.4, -0.2) is 22.0 Å². The quantitative estimate of drug-likeness (QED) is 0.668. The first kappa shape index (κ1) is 14.2. The van der Waals surface area contributed by atoms with E-state index in [0.29, 0.717) is 34.3 Å². The molecule has 1 aromatic carbocycles. The summed E-state index contributed by atoms with van der Waals surface area (Å²) in [5, 5.41) is 3.20. The maximum Gasteiger partial charge on any atom is 0.262 e. The molecule has 2 N–H and O–H groups in total. The van der Waals surface area contributed by atoms with E-state index in [1.165, 1.54) is 4.57 Å². The Bertz CT molecular complexity index is 789. The van der Waals surface area contributed by atoms with Gasteiger partial charge in [0.1, 0.15) is 0 Å². The number of carbonyl (C=O) groups excluding carboxylic acids is 1. The van der Waals surface area contributed by atoms with Crippen LogP contribution in [0.25, 0.3) is 10.9 Å². The second-order valence-electron chi connectivity index (χ2n) is 4.24. The summed E-state index contributed by atoms with van der Waals surface area (Å²) in [6.07, 6.45) is 1.60. The van der Waals surface area contributed by atoms with Gasteiger partial charge in [-0.1, -0.05) is 6.08 Å². The molecule has 0 aliphatic heterocycles. The first-order valence-corrected chi connectivity index (χ1v) is 6.65. The number of carbonyl (C=O) groups is 1. The smallest absolute Gasteiger partial charge is 0.262 e. The van der Waals surface area contributed by atoms with E-state index in [0.717, 1.165) is 0 Å². The normalized spacial score (nSPS) is 10.4. The number of nitrogens with one attached hydrogen (secondary N) is 2. The third-order valence-corrected chi connectivity index (χ3v) is 3.29. The molecule has 0 saturated carbocycles. The number of rotatable bonds is 4. The molecule has 2 rings (SSSR count). The van der Waals surface area contributed by atoms with Crippen LogP contribution in [0, 0.1) is 4.77 Å². The third-order valence-electron chi connectivity index (χ3n) is 2.97. The number of hydrogen-bond acceptors (Lipinski definition) is 3. The van der Waals surface area contributed by atoms with Crippen LogP contribution in [-0.2, 0) is 6.54 Å². The monoisotopic (exact) mass is 289 g/mol. The lowest BCUT2D eigenvalue weighted by atomic mass is 10.1. The Hall–Kier alpha value is -2.21. The molecule has 0 bridgehead atoms. The third kappa shape index (κ3) is 2.55. The second-order valence-corrected chi connectivity index (χ2v) is 4.63. The number of hydrogen-bond donors (Lipinski definition) is 2. The molecule has 1 aromatic heterocycles. The number of benzene rings is 1. The summed E-state index contributed by atoms with van der Waals surface area (Å²) in [7, 11) is 0. The van der Waals surface area contributed by atoms with E-state index in [9.17, 15) is 9.59 Å². The standard InChI is InChI=1S/C14H15N3O2S/c1-3-7-15-12(18)9-5-6-10-11(8-9)16-14(20)17(4-2)13(10)19/h3,5-6,8H,1,4,7H2,2H3,(H,15,18)(H,16,20). The molecule has 0 spiro atoms. The highest BCUT2D eigenvalue weighted by molar-refractivity contribution is 7.71. The molecule has 1 heterocycles. The summed E-state index contributed by atoms with van der Waals surface area (Å²) >= 11 is 5.14. The van der Waals surface area contributed by atoms with Gasteiger partial charge in [0.2, 0.25) is 0 Å². The number of aromatic nitrogens is 2. The summed E-state index contributed by atoms with van der Waals surface area (Å²) in [6, 6.07) is 4.89. The topological polar surface area (TPSA) is 66.9 Å². The summed E-state index contributed by atoms with van der Waals surface area (Å²) in [4.78, 5) is 27.0. The predicted octanol–water partition coefficient (Wildman–Crippen LogP) is 1.99. The maximum absolute atomic E-state index is 12.2. The van der Waals surface area contributed by atoms with Crippen LogP contribution in [0.2, 0.25) is 0 Å². The minimum absolute atomic E-state index is 0.149. The van der Waals surface area contributed by atoms with Gasteiger partial charge < -0.3 is 10.3 Å². The first-order chi connectivity index (χ1) is 9.58. The second kappa shape index (κ2) is 5.83. The minimum atomic E-state index is -0.217. The first-order valence-electron chi connectivity index (χ1n) is 6.24. The van der Waals surface area contributed by atoms with E-state index in [1.54, 1.807) is 24.3 Å². The van der Waals surface area contributed by atoms with Crippen LogP contribution in [0.1, 0.15) is 17.3 Å². The Labute approximate surface area is 120 Å². The van der Waals surface area contributed by atoms with Crippen molar-refractivity contribution < 1.29 is 4.79 Å². The molecular weight excluding hydrogens is 274 g/mol. The molecule has 20 heavy (non-hydrogen) atoms. The van der Waals surface area contributed by atoms with E-state index >= 15 is 0 Å². The molecular formula is C14H15N3O2S. The van der Waals surface area contributed by atoms with E-state index in [4.69, 9.17) is 12.2 Å². The largest absolute Gasteiger partial charge is 0.349 e. The Morgan fingerprint density at radius 3 is 2.95 bits per heavy atom. The highest BCUT2D eigenvalue weighted by Crippen LogP contribution is 2.10. The molecule has 0 radical (unpaired) electrons. The molecule has 0 saturated heterocycles. The number of fused-ring (bicyclic) bond motifs is 1. The van der Waals surface area contributed by atoms with Gasteiger partial charge in [-0.15, -0.1) is 6.58 Å². The van der Waals surface area contributed by atoms with Crippen molar-refractivity contribution in [2.24, 2.45) is 0 Å². The minimum Gasteiger partial charge on any atom is -0.349 e. The van der Waals surface area contributed by atoms with Crippen LogP contribution >= 0.6 is 12.2 Å². The van der Waals surface area contributed by atoms with Crippen LogP contribution in [0.3, 0.4) is 0 Å². The zero-order valence-corrected chi connectivity index (χ0v) is 11.9. The fourth-order valence-corrected chi connectivity index (χ4v) is 2.27. The van der Waals surface area contributed by atoms with Gasteiger partial charge in [0.05, 0.1) is 10.9 Å². The van der Waals surface area contributed by atoms with Gasteiger partial charge in [-0.25, -0.2) is 0 Å². The summed E-state index contributed by atoms with van der Waals surface area (Å²) < 4.78 is 1.84. The Morgan fingerprint density at radius 1 is 1.55 bits per heavy atom. The van der Waals surface area contributed by atoms with Crippen molar-refractivity contribution in [2.45, 2.75) is 13.5 Å². The number of aromatic amines is 1. The van der Waals surface area contributed by atoms with Crippen molar-refractivity contribution in [2.75, 3.05) is 6.54 Å². The van der Waals surface area contributed by atoms with Crippen molar-refractivity contribution in [3.05, 3.63) is 51.5 Å². The fourth-order valence-electron chi connectivity index (χ4n) is 1.95. The molecule has 0 aliphatic rings. The molecule has 0 aliphatic carbocycles. The van der Waals surface area contributed by atoms with E-state index < -0.39 is 0 Å². The highest BCUT2D eigenvalue weighted by atomic mass is 32.1. The number of H-pyrrole nitrogens is 1. The van der Waals surface area contributed by atoms with Gasteiger partial charge in [-0.05, 0) is 37.3 Å². The average Bonchev–Trinajstić information content (AvgIpc) is 2.44. The summed E-state index contributed by atoms with van der Waals surface area (Å²) in [5.74, 6) is -0.217. The van der Waals surface area contributed by atoms with Gasteiger partial charge >= 0.3 is 0 Å². The Morgan fingerprint density at radius 2 is 2.30 bits per heavy atom. The van der Waals surface area contributed by atoms with Crippen LogP contribution in [0.15, 0.2) is 35.6 Å². The lowest BCUT2D eigenvalue weighted by Crippen LogP contribution is -2.24. The predicted molar refractivity (Wildman–Crippen MR) is 81.6 cm³/mol. The van der Waals surface area contributed by atoms with Crippen molar-refractivity contribution in [3.63, 3.8) is 0 Å². The lowest BCUT2D eigenvalue weighted by Gasteiger charge is -2.07. The fraction of sp³-hybridized carbons (Fsp3) is 0.214. The highest BCUT2D eigenvalue weighted by Gasteiger charge is 2.09. The van der Waals surface area contributed by atoms with Crippen LogP contribution in [0.5, 0.6) is 0 Å². The molecule has 2 aromatic rings. The number of nitrogens with zero attached hydrogens (tertiary/aromatic N) is 1. The molecule has 0 atom stereocenters. The zero-order valence-electron chi connectivity index (χ0n) is 11.1. The van der Waals surface area contributed by atoms with E-state index in [-0.39, 0.29) is 11.5 Å². The molecule has 104 valence electrons. The molecule has 0 unspecified atom stereocenters. The maximum atomic E-state index is 12.2. The van der Waals surface area contributed by atoms with Gasteiger partial charge in [0.15, 0.2) is 4.77 Å². The lowest BCUT2D eigenvalue weighted by molar-refractivity contribution is 0.0958. The van der Waals surface area contributed by atoms with Crippen molar-refractivity contribution in [3.8, 4) is 0 Å². The van der Waals surface area contributed by atoms with Crippen molar-refractivity contribution in [1.29, 1.82) is 0 Å². The number of amides is 1. The van der Waals surface area contributed by atoms with Crippen LogP contribution in [0.4, 0.5) is 0 Å². The molecule has 1 amide bonds.